The number of hydrogen-bond acceptors (Lipinski definition) is 4. The molecule has 1 aromatic heterocycles. The minimum absolute atomic E-state index is 0.0262. The van der Waals surface area contributed by atoms with Crippen LogP contribution >= 0.6 is 0 Å². The van der Waals surface area contributed by atoms with E-state index in [2.05, 4.69) is 9.68 Å². The minimum Gasteiger partial charge on any atom is -0.351 e. The van der Waals surface area contributed by atoms with Gasteiger partial charge in [0.15, 0.2) is 0 Å². The van der Waals surface area contributed by atoms with Crippen LogP contribution in [-0.2, 0) is 22.6 Å². The normalized spacial score (nSPS) is 14.4. The maximum absolute atomic E-state index is 13.3. The number of alkyl halides is 3. The molecule has 9 heteroatoms. The molecule has 0 bridgehead atoms. The van der Waals surface area contributed by atoms with Gasteiger partial charge < -0.3 is 4.52 Å². The van der Waals surface area contributed by atoms with Crippen LogP contribution in [0, 0.1) is 6.92 Å². The van der Waals surface area contributed by atoms with Crippen molar-refractivity contribution < 1.29 is 26.1 Å². The first-order chi connectivity index (χ1) is 13.2. The SMILES string of the molecule is Cc1ccc(-c2cc(C(F)(F)F)on2)cc1S(=O)(=O)N1CCc2ccccc21. The van der Waals surface area contributed by atoms with Crippen LogP contribution < -0.4 is 4.31 Å². The first-order valence-electron chi connectivity index (χ1n) is 8.43. The Morgan fingerprint density at radius 1 is 1.11 bits per heavy atom. The van der Waals surface area contributed by atoms with Crippen molar-refractivity contribution in [2.24, 2.45) is 0 Å². The van der Waals surface area contributed by atoms with E-state index in [1.54, 1.807) is 25.1 Å². The zero-order valence-electron chi connectivity index (χ0n) is 14.7. The van der Waals surface area contributed by atoms with E-state index in [0.29, 0.717) is 24.2 Å². The lowest BCUT2D eigenvalue weighted by atomic mass is 10.1. The Labute approximate surface area is 159 Å². The van der Waals surface area contributed by atoms with Crippen molar-refractivity contribution in [3.8, 4) is 11.3 Å². The molecule has 4 rings (SSSR count). The van der Waals surface area contributed by atoms with Gasteiger partial charge in [0, 0.05) is 18.2 Å². The van der Waals surface area contributed by atoms with E-state index in [9.17, 15) is 21.6 Å². The van der Waals surface area contributed by atoms with Gasteiger partial charge >= 0.3 is 6.18 Å². The Morgan fingerprint density at radius 3 is 2.57 bits per heavy atom. The molecule has 2 heterocycles. The highest BCUT2D eigenvalue weighted by Crippen LogP contribution is 2.36. The number of para-hydroxylation sites is 1. The van der Waals surface area contributed by atoms with Crippen LogP contribution in [0.3, 0.4) is 0 Å². The zero-order valence-corrected chi connectivity index (χ0v) is 15.5. The number of benzene rings is 2. The van der Waals surface area contributed by atoms with Crippen molar-refractivity contribution in [3.63, 3.8) is 0 Å². The number of rotatable bonds is 3. The van der Waals surface area contributed by atoms with E-state index in [-0.39, 0.29) is 16.2 Å². The summed E-state index contributed by atoms with van der Waals surface area (Å²) in [6, 6.07) is 12.4. The van der Waals surface area contributed by atoms with Gasteiger partial charge in [-0.15, -0.1) is 0 Å². The molecular weight excluding hydrogens is 393 g/mol. The second-order valence-corrected chi connectivity index (χ2v) is 8.34. The second kappa shape index (κ2) is 6.37. The summed E-state index contributed by atoms with van der Waals surface area (Å²) in [5, 5.41) is 3.44. The molecule has 1 aliphatic rings. The van der Waals surface area contributed by atoms with E-state index in [0.717, 1.165) is 11.6 Å². The molecule has 3 aromatic rings. The standard InChI is InChI=1S/C19H15F3N2O3S/c1-12-6-7-14(15-11-18(27-23-15)19(20,21)22)10-17(12)28(25,26)24-9-8-13-4-2-3-5-16(13)24/h2-7,10-11H,8-9H2,1H3. The number of anilines is 1. The summed E-state index contributed by atoms with van der Waals surface area (Å²) in [5.41, 5.74) is 2.20. The van der Waals surface area contributed by atoms with Crippen molar-refractivity contribution in [1.82, 2.24) is 5.16 Å². The highest BCUT2D eigenvalue weighted by atomic mass is 32.2. The van der Waals surface area contributed by atoms with E-state index in [1.807, 2.05) is 12.1 Å². The molecule has 0 atom stereocenters. The molecule has 0 spiro atoms. The third kappa shape index (κ3) is 3.05. The Balaban J connectivity index is 1.77. The van der Waals surface area contributed by atoms with Crippen LogP contribution in [0.1, 0.15) is 16.9 Å². The van der Waals surface area contributed by atoms with Crippen LogP contribution in [0.4, 0.5) is 18.9 Å². The molecule has 2 aromatic carbocycles. The summed E-state index contributed by atoms with van der Waals surface area (Å²) in [7, 11) is -3.88. The fourth-order valence-electron chi connectivity index (χ4n) is 3.26. The molecule has 0 amide bonds. The van der Waals surface area contributed by atoms with Gasteiger partial charge in [0.05, 0.1) is 10.6 Å². The van der Waals surface area contributed by atoms with Gasteiger partial charge in [-0.25, -0.2) is 8.42 Å². The summed E-state index contributed by atoms with van der Waals surface area (Å²) in [5.74, 6) is -1.24. The monoisotopic (exact) mass is 408 g/mol. The molecule has 0 fully saturated rings. The third-order valence-corrected chi connectivity index (χ3v) is 6.64. The number of halogens is 3. The summed E-state index contributed by atoms with van der Waals surface area (Å²) in [6.45, 7) is 1.95. The van der Waals surface area contributed by atoms with Crippen LogP contribution in [0.5, 0.6) is 0 Å². The fraction of sp³-hybridized carbons (Fsp3) is 0.211. The van der Waals surface area contributed by atoms with Gasteiger partial charge in [-0.1, -0.05) is 35.5 Å². The quantitative estimate of drug-likeness (QED) is 0.644. The number of nitrogens with zero attached hydrogens (tertiary/aromatic N) is 2. The molecular formula is C19H15F3N2O3S. The molecule has 0 radical (unpaired) electrons. The average Bonchev–Trinajstić information content (AvgIpc) is 3.29. The van der Waals surface area contributed by atoms with E-state index < -0.39 is 22.0 Å². The second-order valence-electron chi connectivity index (χ2n) is 6.51. The molecule has 0 saturated carbocycles. The summed E-state index contributed by atoms with van der Waals surface area (Å²) >= 11 is 0. The number of sulfonamides is 1. The van der Waals surface area contributed by atoms with Crippen molar-refractivity contribution >= 4 is 15.7 Å². The van der Waals surface area contributed by atoms with Crippen molar-refractivity contribution in [3.05, 3.63) is 65.4 Å². The number of hydrogen-bond donors (Lipinski definition) is 0. The Kier molecular flexibility index (Phi) is 4.22. The van der Waals surface area contributed by atoms with Gasteiger partial charge in [-0.05, 0) is 36.6 Å². The van der Waals surface area contributed by atoms with Crippen LogP contribution in [-0.4, -0.2) is 20.1 Å². The number of aryl methyl sites for hydroxylation is 1. The number of fused-ring (bicyclic) bond motifs is 1. The smallest absolute Gasteiger partial charge is 0.351 e. The molecule has 28 heavy (non-hydrogen) atoms. The fourth-order valence-corrected chi connectivity index (χ4v) is 5.02. The maximum atomic E-state index is 13.3. The lowest BCUT2D eigenvalue weighted by Gasteiger charge is -2.21. The van der Waals surface area contributed by atoms with E-state index in [1.165, 1.54) is 16.4 Å². The van der Waals surface area contributed by atoms with Gasteiger partial charge in [0.2, 0.25) is 5.76 Å². The van der Waals surface area contributed by atoms with Gasteiger partial charge in [0.1, 0.15) is 5.69 Å². The van der Waals surface area contributed by atoms with Crippen LogP contribution in [0.15, 0.2) is 57.9 Å². The largest absolute Gasteiger partial charge is 0.452 e. The van der Waals surface area contributed by atoms with E-state index in [4.69, 9.17) is 0 Å². The average molecular weight is 408 g/mol. The third-order valence-electron chi connectivity index (χ3n) is 4.69. The lowest BCUT2D eigenvalue weighted by molar-refractivity contribution is -0.155. The molecule has 5 nitrogen and oxygen atoms in total. The predicted molar refractivity (Wildman–Crippen MR) is 96.4 cm³/mol. The van der Waals surface area contributed by atoms with Crippen molar-refractivity contribution in [2.75, 3.05) is 10.8 Å². The van der Waals surface area contributed by atoms with E-state index >= 15 is 0 Å². The lowest BCUT2D eigenvalue weighted by Crippen LogP contribution is -2.29. The van der Waals surface area contributed by atoms with Crippen molar-refractivity contribution in [2.45, 2.75) is 24.4 Å². The Hall–Kier alpha value is -2.81. The summed E-state index contributed by atoms with van der Waals surface area (Å²) in [6.07, 6.45) is -4.06. The number of aromatic nitrogens is 1. The molecule has 0 unspecified atom stereocenters. The van der Waals surface area contributed by atoms with Crippen molar-refractivity contribution in [1.29, 1.82) is 0 Å². The highest BCUT2D eigenvalue weighted by molar-refractivity contribution is 7.93. The maximum Gasteiger partial charge on any atom is 0.452 e. The Bertz CT molecular complexity index is 1150. The first-order valence-corrected chi connectivity index (χ1v) is 9.87. The summed E-state index contributed by atoms with van der Waals surface area (Å²) < 4.78 is 70.5. The van der Waals surface area contributed by atoms with Gasteiger partial charge in [-0.3, -0.25) is 4.31 Å². The van der Waals surface area contributed by atoms with Gasteiger partial charge in [0.25, 0.3) is 10.0 Å². The molecule has 0 N–H and O–H groups in total. The molecule has 0 aliphatic carbocycles. The Morgan fingerprint density at radius 2 is 1.86 bits per heavy atom. The first kappa shape index (κ1) is 18.5. The molecule has 146 valence electrons. The minimum atomic E-state index is -4.66. The summed E-state index contributed by atoms with van der Waals surface area (Å²) in [4.78, 5) is 0.0262. The van der Waals surface area contributed by atoms with Gasteiger partial charge in [-0.2, -0.15) is 13.2 Å². The predicted octanol–water partition coefficient (Wildman–Crippen LogP) is 4.42. The molecule has 0 saturated heterocycles. The van der Waals surface area contributed by atoms with Crippen LogP contribution in [0.25, 0.3) is 11.3 Å². The van der Waals surface area contributed by atoms with Crippen LogP contribution in [0.2, 0.25) is 0 Å². The zero-order chi connectivity index (χ0) is 20.1. The topological polar surface area (TPSA) is 63.4 Å². The molecule has 1 aliphatic heterocycles. The highest BCUT2D eigenvalue weighted by Gasteiger charge is 2.36.